The molecule has 0 aromatic heterocycles. The Hall–Kier alpha value is -1.53. The highest BCUT2D eigenvalue weighted by molar-refractivity contribution is 9.10. The van der Waals surface area contributed by atoms with Gasteiger partial charge in [0.1, 0.15) is 10.6 Å². The molecule has 0 aliphatic carbocycles. The van der Waals surface area contributed by atoms with Gasteiger partial charge in [0.05, 0.1) is 7.11 Å². The number of rotatable bonds is 4. The van der Waals surface area contributed by atoms with Crippen molar-refractivity contribution in [1.82, 2.24) is 0 Å². The number of ether oxygens (including phenoxy) is 1. The van der Waals surface area contributed by atoms with Gasteiger partial charge in [-0.05, 0) is 49.2 Å². The monoisotopic (exact) mass is 369 g/mol. The van der Waals surface area contributed by atoms with E-state index in [1.165, 1.54) is 7.11 Å². The van der Waals surface area contributed by atoms with Crippen LogP contribution >= 0.6 is 15.9 Å². The molecule has 2 rings (SSSR count). The Kier molecular flexibility index (Phi) is 4.58. The van der Waals surface area contributed by atoms with Gasteiger partial charge in [-0.1, -0.05) is 28.1 Å². The molecule has 1 N–H and O–H groups in total. The molecule has 6 heteroatoms. The van der Waals surface area contributed by atoms with Gasteiger partial charge < -0.3 is 4.74 Å². The molecule has 0 amide bonds. The third-order valence-electron chi connectivity index (χ3n) is 3.03. The number of halogens is 1. The maximum atomic E-state index is 12.5. The van der Waals surface area contributed by atoms with Crippen LogP contribution in [0.2, 0.25) is 0 Å². The normalized spacial score (nSPS) is 11.2. The number of hydrogen-bond acceptors (Lipinski definition) is 3. The third kappa shape index (κ3) is 3.57. The summed E-state index contributed by atoms with van der Waals surface area (Å²) in [7, 11) is -2.25. The molecule has 112 valence electrons. The fraction of sp³-hybridized carbons (Fsp3) is 0.200. The van der Waals surface area contributed by atoms with E-state index in [0.717, 1.165) is 15.6 Å². The van der Waals surface area contributed by atoms with Crippen molar-refractivity contribution in [3.05, 3.63) is 52.0 Å². The largest absolute Gasteiger partial charge is 0.495 e. The Labute approximate surface area is 133 Å². The highest BCUT2D eigenvalue weighted by Gasteiger charge is 2.20. The zero-order valence-corrected chi connectivity index (χ0v) is 14.4. The number of hydrogen-bond donors (Lipinski definition) is 1. The van der Waals surface area contributed by atoms with Gasteiger partial charge in [-0.2, -0.15) is 0 Å². The van der Waals surface area contributed by atoms with Crippen molar-refractivity contribution in [2.24, 2.45) is 0 Å². The minimum Gasteiger partial charge on any atom is -0.495 e. The number of nitrogens with one attached hydrogen (secondary N) is 1. The second-order valence-corrected chi connectivity index (χ2v) is 7.23. The summed E-state index contributed by atoms with van der Waals surface area (Å²) in [6, 6.07) is 10.3. The fourth-order valence-corrected chi connectivity index (χ4v) is 3.54. The molecule has 0 fully saturated rings. The van der Waals surface area contributed by atoms with E-state index in [2.05, 4.69) is 20.7 Å². The number of methoxy groups -OCH3 is 1. The van der Waals surface area contributed by atoms with Gasteiger partial charge in [-0.3, -0.25) is 4.72 Å². The summed E-state index contributed by atoms with van der Waals surface area (Å²) in [4.78, 5) is 0.127. The van der Waals surface area contributed by atoms with E-state index < -0.39 is 10.0 Å². The number of benzene rings is 2. The van der Waals surface area contributed by atoms with Crippen molar-refractivity contribution >= 4 is 31.6 Å². The molecule has 0 radical (unpaired) electrons. The highest BCUT2D eigenvalue weighted by atomic mass is 79.9. The lowest BCUT2D eigenvalue weighted by Gasteiger charge is -2.13. The first-order chi connectivity index (χ1) is 9.83. The molecule has 0 saturated heterocycles. The van der Waals surface area contributed by atoms with E-state index in [0.29, 0.717) is 11.4 Å². The fourth-order valence-electron chi connectivity index (χ4n) is 1.86. The number of aryl methyl sites for hydroxylation is 2. The van der Waals surface area contributed by atoms with E-state index in [1.807, 2.05) is 19.9 Å². The van der Waals surface area contributed by atoms with Crippen molar-refractivity contribution in [1.29, 1.82) is 0 Å². The molecule has 0 saturated carbocycles. The van der Waals surface area contributed by atoms with Crippen molar-refractivity contribution in [2.75, 3.05) is 11.8 Å². The Morgan fingerprint density at radius 2 is 1.81 bits per heavy atom. The van der Waals surface area contributed by atoms with Crippen molar-refractivity contribution in [3.63, 3.8) is 0 Å². The van der Waals surface area contributed by atoms with Crippen LogP contribution < -0.4 is 9.46 Å². The standard InChI is InChI=1S/C15H16BrNO3S/c1-10-4-7-14(20-3)15(8-10)21(18,19)17-12-6-5-11(2)13(16)9-12/h4-9,17H,1-3H3. The first-order valence-electron chi connectivity index (χ1n) is 6.27. The van der Waals surface area contributed by atoms with Crippen LogP contribution in [-0.2, 0) is 10.0 Å². The maximum absolute atomic E-state index is 12.5. The van der Waals surface area contributed by atoms with E-state index in [4.69, 9.17) is 4.74 Å². The predicted octanol–water partition coefficient (Wildman–Crippen LogP) is 3.88. The van der Waals surface area contributed by atoms with Crippen LogP contribution in [0, 0.1) is 13.8 Å². The van der Waals surface area contributed by atoms with Gasteiger partial charge in [-0.25, -0.2) is 8.42 Å². The SMILES string of the molecule is COc1ccc(C)cc1S(=O)(=O)Nc1ccc(C)c(Br)c1. The summed E-state index contributed by atoms with van der Waals surface area (Å²) in [6.07, 6.45) is 0. The first kappa shape index (κ1) is 15.9. The Bertz CT molecular complexity index is 772. The lowest BCUT2D eigenvalue weighted by Crippen LogP contribution is -2.14. The smallest absolute Gasteiger partial charge is 0.265 e. The van der Waals surface area contributed by atoms with Crippen LogP contribution in [0.25, 0.3) is 0 Å². The quantitative estimate of drug-likeness (QED) is 0.889. The Morgan fingerprint density at radius 3 is 2.43 bits per heavy atom. The lowest BCUT2D eigenvalue weighted by atomic mass is 10.2. The van der Waals surface area contributed by atoms with E-state index >= 15 is 0 Å². The number of sulfonamides is 1. The summed E-state index contributed by atoms with van der Waals surface area (Å²) in [5.74, 6) is 0.319. The molecule has 21 heavy (non-hydrogen) atoms. The molecule has 2 aromatic carbocycles. The van der Waals surface area contributed by atoms with E-state index in [-0.39, 0.29) is 4.90 Å². The van der Waals surface area contributed by atoms with Crippen LogP contribution in [0.5, 0.6) is 5.75 Å². The molecule has 0 spiro atoms. The average molecular weight is 370 g/mol. The Morgan fingerprint density at radius 1 is 1.10 bits per heavy atom. The van der Waals surface area contributed by atoms with Crippen LogP contribution in [0.4, 0.5) is 5.69 Å². The third-order valence-corrected chi connectivity index (χ3v) is 5.29. The molecule has 0 heterocycles. The van der Waals surface area contributed by atoms with Crippen LogP contribution in [0.1, 0.15) is 11.1 Å². The zero-order chi connectivity index (χ0) is 15.6. The predicted molar refractivity (Wildman–Crippen MR) is 87.4 cm³/mol. The molecular weight excluding hydrogens is 354 g/mol. The maximum Gasteiger partial charge on any atom is 0.265 e. The first-order valence-corrected chi connectivity index (χ1v) is 8.55. The van der Waals surface area contributed by atoms with E-state index in [1.54, 1.807) is 30.3 Å². The van der Waals surface area contributed by atoms with Gasteiger partial charge in [0.2, 0.25) is 0 Å². The highest BCUT2D eigenvalue weighted by Crippen LogP contribution is 2.28. The van der Waals surface area contributed by atoms with Crippen LogP contribution in [0.3, 0.4) is 0 Å². The molecule has 4 nitrogen and oxygen atoms in total. The lowest BCUT2D eigenvalue weighted by molar-refractivity contribution is 0.402. The summed E-state index contributed by atoms with van der Waals surface area (Å²) in [5.41, 5.74) is 2.38. The minimum absolute atomic E-state index is 0.127. The van der Waals surface area contributed by atoms with Gasteiger partial charge in [-0.15, -0.1) is 0 Å². The molecule has 0 aliphatic heterocycles. The molecule has 0 bridgehead atoms. The van der Waals surface area contributed by atoms with E-state index in [9.17, 15) is 8.42 Å². The van der Waals surface area contributed by atoms with Gasteiger partial charge in [0.25, 0.3) is 10.0 Å². The molecule has 0 aliphatic rings. The summed E-state index contributed by atoms with van der Waals surface area (Å²) >= 11 is 3.39. The van der Waals surface area contributed by atoms with Crippen LogP contribution in [0.15, 0.2) is 45.8 Å². The molecule has 2 aromatic rings. The topological polar surface area (TPSA) is 55.4 Å². The summed E-state index contributed by atoms with van der Waals surface area (Å²) in [5, 5.41) is 0. The van der Waals surface area contributed by atoms with Crippen LogP contribution in [-0.4, -0.2) is 15.5 Å². The molecule has 0 unspecified atom stereocenters. The minimum atomic E-state index is -3.70. The van der Waals surface area contributed by atoms with Crippen molar-refractivity contribution in [3.8, 4) is 5.75 Å². The van der Waals surface area contributed by atoms with Gasteiger partial charge >= 0.3 is 0 Å². The summed E-state index contributed by atoms with van der Waals surface area (Å²) in [6.45, 7) is 3.77. The summed E-state index contributed by atoms with van der Waals surface area (Å²) < 4.78 is 33.6. The molecular formula is C15H16BrNO3S. The molecule has 0 atom stereocenters. The van der Waals surface area contributed by atoms with Crippen molar-refractivity contribution in [2.45, 2.75) is 18.7 Å². The average Bonchev–Trinajstić information content (AvgIpc) is 2.42. The second kappa shape index (κ2) is 6.07. The zero-order valence-electron chi connectivity index (χ0n) is 12.0. The van der Waals surface area contributed by atoms with Gasteiger partial charge in [0, 0.05) is 10.2 Å². The van der Waals surface area contributed by atoms with Gasteiger partial charge in [0.15, 0.2) is 0 Å². The Balaban J connectivity index is 2.42. The number of anilines is 1. The second-order valence-electron chi connectivity index (χ2n) is 4.72. The van der Waals surface area contributed by atoms with Crippen molar-refractivity contribution < 1.29 is 13.2 Å².